The molecule has 0 bridgehead atoms. The van der Waals surface area contributed by atoms with E-state index in [0.717, 1.165) is 0 Å². The normalized spacial score (nSPS) is 16.7. The summed E-state index contributed by atoms with van der Waals surface area (Å²) in [7, 11) is 0. The van der Waals surface area contributed by atoms with Crippen LogP contribution in [0.2, 0.25) is 0 Å². The number of hydrogen-bond acceptors (Lipinski definition) is 0. The molecule has 0 spiro atoms. The molecule has 100 valence electrons. The summed E-state index contributed by atoms with van der Waals surface area (Å²) in [6.45, 7) is 8.92. The van der Waals surface area contributed by atoms with Crippen LogP contribution in [-0.4, -0.2) is 0 Å². The Morgan fingerprint density at radius 3 is 2.53 bits per heavy atom. The maximum Gasteiger partial charge on any atom is -0.000438 e. The summed E-state index contributed by atoms with van der Waals surface area (Å²) in [5.41, 5.74) is 7.04. The van der Waals surface area contributed by atoms with E-state index in [1.165, 1.54) is 40.7 Å². The molecule has 0 radical (unpaired) electrons. The van der Waals surface area contributed by atoms with Crippen molar-refractivity contribution in [3.63, 3.8) is 0 Å². The van der Waals surface area contributed by atoms with Crippen molar-refractivity contribution >= 4 is 0 Å². The smallest absolute Gasteiger partial charge is 0.000438 e. The van der Waals surface area contributed by atoms with E-state index in [0.29, 0.717) is 5.92 Å². The fourth-order valence-corrected chi connectivity index (χ4v) is 2.59. The highest BCUT2D eigenvalue weighted by Crippen LogP contribution is 2.26. The third kappa shape index (κ3) is 3.26. The second kappa shape index (κ2) is 6.06. The minimum atomic E-state index is 0.468. The van der Waals surface area contributed by atoms with E-state index in [-0.39, 0.29) is 0 Å². The number of benzene rings is 1. The maximum atomic E-state index is 2.32. The predicted molar refractivity (Wildman–Crippen MR) is 84.7 cm³/mol. The van der Waals surface area contributed by atoms with Crippen LogP contribution in [0.3, 0.4) is 0 Å². The Balaban J connectivity index is 2.18. The lowest BCUT2D eigenvalue weighted by molar-refractivity contribution is 0.941. The minimum absolute atomic E-state index is 0.468. The molecule has 0 aromatic heterocycles. The van der Waals surface area contributed by atoms with Crippen molar-refractivity contribution in [3.05, 3.63) is 70.3 Å². The highest BCUT2D eigenvalue weighted by molar-refractivity contribution is 5.42. The van der Waals surface area contributed by atoms with Crippen molar-refractivity contribution in [1.29, 1.82) is 0 Å². The van der Waals surface area contributed by atoms with E-state index in [4.69, 9.17) is 0 Å². The van der Waals surface area contributed by atoms with Gasteiger partial charge in [0.2, 0.25) is 0 Å². The van der Waals surface area contributed by atoms with E-state index in [1.807, 2.05) is 0 Å². The first-order valence-electron chi connectivity index (χ1n) is 7.21. The molecule has 0 saturated heterocycles. The molecule has 0 nitrogen and oxygen atoms in total. The molecular formula is C19H24. The zero-order chi connectivity index (χ0) is 13.8. The van der Waals surface area contributed by atoms with Gasteiger partial charge < -0.3 is 0 Å². The third-order valence-electron chi connectivity index (χ3n) is 4.19. The van der Waals surface area contributed by atoms with Crippen LogP contribution in [-0.2, 0) is 0 Å². The summed E-state index contributed by atoms with van der Waals surface area (Å²) in [6.07, 6.45) is 13.7. The summed E-state index contributed by atoms with van der Waals surface area (Å²) in [6, 6.07) is 4.51. The highest BCUT2D eigenvalue weighted by atomic mass is 14.1. The van der Waals surface area contributed by atoms with Crippen LogP contribution in [0.15, 0.2) is 48.1 Å². The Morgan fingerprint density at radius 1 is 1.05 bits per heavy atom. The van der Waals surface area contributed by atoms with Gasteiger partial charge in [0.25, 0.3) is 0 Å². The first kappa shape index (κ1) is 13.9. The van der Waals surface area contributed by atoms with Gasteiger partial charge in [0.1, 0.15) is 0 Å². The zero-order valence-corrected chi connectivity index (χ0v) is 12.5. The van der Waals surface area contributed by atoms with Crippen LogP contribution in [0.5, 0.6) is 0 Å². The Bertz CT molecular complexity index is 541. The predicted octanol–water partition coefficient (Wildman–Crippen LogP) is 5.55. The molecule has 1 aliphatic carbocycles. The molecule has 0 aliphatic heterocycles. The van der Waals surface area contributed by atoms with E-state index < -0.39 is 0 Å². The number of hydrogen-bond donors (Lipinski definition) is 0. The van der Waals surface area contributed by atoms with Crippen molar-refractivity contribution in [2.45, 2.75) is 46.5 Å². The molecule has 0 amide bonds. The van der Waals surface area contributed by atoms with Crippen molar-refractivity contribution in [1.82, 2.24) is 0 Å². The molecule has 0 fully saturated rings. The topological polar surface area (TPSA) is 0 Å². The lowest BCUT2D eigenvalue weighted by Gasteiger charge is -2.15. The molecule has 19 heavy (non-hydrogen) atoms. The highest BCUT2D eigenvalue weighted by Gasteiger charge is 2.08. The minimum Gasteiger partial charge on any atom is -0.0836 e. The van der Waals surface area contributed by atoms with E-state index in [2.05, 4.69) is 70.2 Å². The lowest BCUT2D eigenvalue weighted by Crippen LogP contribution is -1.97. The quantitative estimate of drug-likeness (QED) is 0.661. The summed E-state index contributed by atoms with van der Waals surface area (Å²) >= 11 is 0. The van der Waals surface area contributed by atoms with Gasteiger partial charge in [0.15, 0.2) is 0 Å². The molecule has 2 rings (SSSR count). The molecule has 1 unspecified atom stereocenters. The standard InChI is InChI=1S/C19H24/c1-14-11-13-19(17(4)16(14)3)15(2)10-12-18-8-6-5-7-9-18/h6,8-13,15H,5,7H2,1-4H3/b12-10+. The van der Waals surface area contributed by atoms with Gasteiger partial charge in [-0.05, 0) is 67.4 Å². The van der Waals surface area contributed by atoms with Crippen LogP contribution in [0.25, 0.3) is 0 Å². The van der Waals surface area contributed by atoms with E-state index in [1.54, 1.807) is 0 Å². The summed E-state index contributed by atoms with van der Waals surface area (Å²) in [4.78, 5) is 0. The molecule has 1 aromatic rings. The zero-order valence-electron chi connectivity index (χ0n) is 12.5. The van der Waals surface area contributed by atoms with Gasteiger partial charge in [0, 0.05) is 0 Å². The Labute approximate surface area is 117 Å². The van der Waals surface area contributed by atoms with Gasteiger partial charge in [0.05, 0.1) is 0 Å². The maximum absolute atomic E-state index is 2.32. The average Bonchev–Trinajstić information content (AvgIpc) is 2.43. The Hall–Kier alpha value is -1.56. The Morgan fingerprint density at radius 2 is 1.84 bits per heavy atom. The molecule has 1 aromatic carbocycles. The summed E-state index contributed by atoms with van der Waals surface area (Å²) in [5.74, 6) is 0.468. The van der Waals surface area contributed by atoms with Crippen LogP contribution >= 0.6 is 0 Å². The second-order valence-corrected chi connectivity index (χ2v) is 5.55. The molecule has 0 heterocycles. The second-order valence-electron chi connectivity index (χ2n) is 5.55. The van der Waals surface area contributed by atoms with Gasteiger partial charge in [-0.1, -0.05) is 49.4 Å². The fraction of sp³-hybridized carbons (Fsp3) is 0.368. The van der Waals surface area contributed by atoms with E-state index in [9.17, 15) is 0 Å². The van der Waals surface area contributed by atoms with Gasteiger partial charge >= 0.3 is 0 Å². The van der Waals surface area contributed by atoms with Crippen LogP contribution < -0.4 is 0 Å². The average molecular weight is 252 g/mol. The number of aryl methyl sites for hydroxylation is 1. The fourth-order valence-electron chi connectivity index (χ4n) is 2.59. The summed E-state index contributed by atoms with van der Waals surface area (Å²) < 4.78 is 0. The molecular weight excluding hydrogens is 228 g/mol. The number of allylic oxidation sites excluding steroid dienone is 6. The first-order valence-corrected chi connectivity index (χ1v) is 7.21. The van der Waals surface area contributed by atoms with Gasteiger partial charge in [-0.25, -0.2) is 0 Å². The van der Waals surface area contributed by atoms with Crippen molar-refractivity contribution in [3.8, 4) is 0 Å². The Kier molecular flexibility index (Phi) is 4.42. The van der Waals surface area contributed by atoms with Crippen molar-refractivity contribution in [2.24, 2.45) is 0 Å². The van der Waals surface area contributed by atoms with Gasteiger partial charge in [-0.3, -0.25) is 0 Å². The summed E-state index contributed by atoms with van der Waals surface area (Å²) in [5, 5.41) is 0. The molecule has 0 heteroatoms. The molecule has 0 N–H and O–H groups in total. The van der Waals surface area contributed by atoms with Crippen LogP contribution in [0, 0.1) is 20.8 Å². The largest absolute Gasteiger partial charge is 0.0836 e. The van der Waals surface area contributed by atoms with Crippen LogP contribution in [0.4, 0.5) is 0 Å². The lowest BCUT2D eigenvalue weighted by atomic mass is 9.90. The number of rotatable bonds is 3. The SMILES string of the molecule is Cc1ccc(C(C)/C=C/C2=CCCC=C2)c(C)c1C. The molecule has 1 aliphatic rings. The van der Waals surface area contributed by atoms with E-state index >= 15 is 0 Å². The molecule has 1 atom stereocenters. The first-order chi connectivity index (χ1) is 9.09. The molecule has 0 saturated carbocycles. The van der Waals surface area contributed by atoms with Crippen molar-refractivity contribution in [2.75, 3.05) is 0 Å². The van der Waals surface area contributed by atoms with Crippen LogP contribution in [0.1, 0.15) is 47.9 Å². The van der Waals surface area contributed by atoms with Gasteiger partial charge in [-0.15, -0.1) is 0 Å². The third-order valence-corrected chi connectivity index (χ3v) is 4.19. The monoisotopic (exact) mass is 252 g/mol. The van der Waals surface area contributed by atoms with Crippen molar-refractivity contribution < 1.29 is 0 Å². The van der Waals surface area contributed by atoms with Gasteiger partial charge in [-0.2, -0.15) is 0 Å².